The highest BCUT2D eigenvalue weighted by molar-refractivity contribution is 6.10. The third kappa shape index (κ3) is 4.65. The van der Waals surface area contributed by atoms with Gasteiger partial charge >= 0.3 is 0 Å². The van der Waals surface area contributed by atoms with Crippen molar-refractivity contribution in [2.45, 2.75) is 13.8 Å². The van der Waals surface area contributed by atoms with E-state index in [0.717, 1.165) is 73.1 Å². The predicted octanol–water partition coefficient (Wildman–Crippen LogP) is 8.46. The summed E-state index contributed by atoms with van der Waals surface area (Å²) in [4.78, 5) is 4.67. The first-order valence-corrected chi connectivity index (χ1v) is 14.1. The minimum atomic E-state index is 0.710. The van der Waals surface area contributed by atoms with Gasteiger partial charge in [-0.1, -0.05) is 36.4 Å². The first kappa shape index (κ1) is 26.3. The molecule has 0 spiro atoms. The van der Waals surface area contributed by atoms with Crippen molar-refractivity contribution in [2.75, 3.05) is 14.2 Å². The average molecular weight is 567 g/mol. The molecule has 0 saturated heterocycles. The van der Waals surface area contributed by atoms with Crippen molar-refractivity contribution in [3.63, 3.8) is 0 Å². The molecule has 7 aromatic rings. The Morgan fingerprint density at radius 3 is 2.21 bits per heavy atom. The number of methoxy groups -OCH3 is 2. The van der Waals surface area contributed by atoms with Gasteiger partial charge in [0, 0.05) is 46.4 Å². The summed E-state index contributed by atoms with van der Waals surface area (Å²) in [5.74, 6) is 3.71. The van der Waals surface area contributed by atoms with Gasteiger partial charge in [0.05, 0.1) is 36.6 Å². The van der Waals surface area contributed by atoms with E-state index in [1.807, 2.05) is 72.3 Å². The van der Waals surface area contributed by atoms with E-state index in [9.17, 15) is 0 Å². The van der Waals surface area contributed by atoms with Crippen LogP contribution in [0, 0.1) is 13.8 Å². The van der Waals surface area contributed by atoms with E-state index in [2.05, 4.69) is 58.9 Å². The molecule has 0 fully saturated rings. The van der Waals surface area contributed by atoms with E-state index in [0.29, 0.717) is 5.75 Å². The summed E-state index contributed by atoms with van der Waals surface area (Å²) in [6.45, 7) is 4.15. The molecule has 4 aromatic carbocycles. The van der Waals surface area contributed by atoms with Gasteiger partial charge in [0.25, 0.3) is 0 Å². The maximum atomic E-state index is 6.46. The van der Waals surface area contributed by atoms with Crippen LogP contribution in [0.1, 0.15) is 11.4 Å². The number of rotatable bonds is 7. The van der Waals surface area contributed by atoms with Crippen LogP contribution in [-0.2, 0) is 0 Å². The van der Waals surface area contributed by atoms with Gasteiger partial charge in [0.2, 0.25) is 0 Å². The van der Waals surface area contributed by atoms with Crippen molar-refractivity contribution >= 4 is 21.8 Å². The smallest absolute Gasteiger partial charge is 0.141 e. The SMILES string of the molecule is COc1ccnc(-n2c3ccc(OC)cc3c3ccc(Oc4cccc(-n5nc(C)c(-c6ccccc6)c5C)c4)cc32)c1. The fraction of sp³-hybridized carbons (Fsp3) is 0.111. The highest BCUT2D eigenvalue weighted by Gasteiger charge is 2.17. The number of ether oxygens (including phenoxy) is 3. The number of pyridine rings is 1. The molecule has 0 amide bonds. The zero-order chi connectivity index (χ0) is 29.5. The van der Waals surface area contributed by atoms with E-state index in [-0.39, 0.29) is 0 Å². The van der Waals surface area contributed by atoms with Crippen LogP contribution in [0.3, 0.4) is 0 Å². The average Bonchev–Trinajstić information content (AvgIpc) is 3.53. The summed E-state index contributed by atoms with van der Waals surface area (Å²) in [5, 5.41) is 7.00. The zero-order valence-corrected chi connectivity index (χ0v) is 24.4. The molecule has 212 valence electrons. The number of aromatic nitrogens is 4. The van der Waals surface area contributed by atoms with Crippen LogP contribution >= 0.6 is 0 Å². The molecule has 0 radical (unpaired) electrons. The van der Waals surface area contributed by atoms with Crippen LogP contribution in [0.5, 0.6) is 23.0 Å². The summed E-state index contributed by atoms with van der Waals surface area (Å²) in [7, 11) is 3.34. The molecule has 0 aliphatic heterocycles. The maximum Gasteiger partial charge on any atom is 0.141 e. The van der Waals surface area contributed by atoms with Gasteiger partial charge in [-0.05, 0) is 67.9 Å². The van der Waals surface area contributed by atoms with E-state index in [1.54, 1.807) is 20.4 Å². The third-order valence-electron chi connectivity index (χ3n) is 7.78. The Morgan fingerprint density at radius 1 is 0.628 bits per heavy atom. The van der Waals surface area contributed by atoms with Gasteiger partial charge in [-0.2, -0.15) is 5.10 Å². The Balaban J connectivity index is 1.30. The first-order valence-electron chi connectivity index (χ1n) is 14.1. The fourth-order valence-electron chi connectivity index (χ4n) is 5.80. The molecule has 0 bridgehead atoms. The lowest BCUT2D eigenvalue weighted by Gasteiger charge is -2.11. The molecule has 7 heteroatoms. The highest BCUT2D eigenvalue weighted by Crippen LogP contribution is 2.37. The minimum absolute atomic E-state index is 0.710. The summed E-state index contributed by atoms with van der Waals surface area (Å²) < 4.78 is 21.6. The second-order valence-electron chi connectivity index (χ2n) is 10.4. The van der Waals surface area contributed by atoms with Gasteiger partial charge in [-0.25, -0.2) is 9.67 Å². The lowest BCUT2D eigenvalue weighted by Crippen LogP contribution is -2.00. The third-order valence-corrected chi connectivity index (χ3v) is 7.78. The number of hydrogen-bond acceptors (Lipinski definition) is 5. The molecule has 0 aliphatic carbocycles. The maximum absolute atomic E-state index is 6.46. The minimum Gasteiger partial charge on any atom is -0.497 e. The second kappa shape index (κ2) is 10.7. The Bertz CT molecular complexity index is 2110. The topological polar surface area (TPSA) is 63.3 Å². The van der Waals surface area contributed by atoms with Crippen molar-refractivity contribution in [1.82, 2.24) is 19.3 Å². The van der Waals surface area contributed by atoms with Crippen LogP contribution in [-0.4, -0.2) is 33.6 Å². The lowest BCUT2D eigenvalue weighted by molar-refractivity contribution is 0.414. The molecule has 7 rings (SSSR count). The molecule has 0 atom stereocenters. The molecule has 0 unspecified atom stereocenters. The van der Waals surface area contributed by atoms with Crippen molar-refractivity contribution in [3.05, 3.63) is 121 Å². The monoisotopic (exact) mass is 566 g/mol. The van der Waals surface area contributed by atoms with Crippen molar-refractivity contribution in [2.24, 2.45) is 0 Å². The quantitative estimate of drug-likeness (QED) is 0.194. The van der Waals surface area contributed by atoms with E-state index >= 15 is 0 Å². The van der Waals surface area contributed by atoms with Crippen LogP contribution in [0.2, 0.25) is 0 Å². The highest BCUT2D eigenvalue weighted by atomic mass is 16.5. The Labute approximate surface area is 249 Å². The van der Waals surface area contributed by atoms with Gasteiger partial charge in [-0.3, -0.25) is 4.57 Å². The summed E-state index contributed by atoms with van der Waals surface area (Å²) in [5.41, 5.74) is 7.27. The van der Waals surface area contributed by atoms with Gasteiger partial charge in [0.1, 0.15) is 28.8 Å². The number of aryl methyl sites for hydroxylation is 1. The van der Waals surface area contributed by atoms with Crippen molar-refractivity contribution < 1.29 is 14.2 Å². The van der Waals surface area contributed by atoms with Gasteiger partial charge < -0.3 is 14.2 Å². The molecule has 7 nitrogen and oxygen atoms in total. The Hall–Kier alpha value is -5.56. The van der Waals surface area contributed by atoms with Crippen molar-refractivity contribution in [3.8, 4) is 45.6 Å². The molecule has 0 N–H and O–H groups in total. The normalized spacial score (nSPS) is 11.3. The first-order chi connectivity index (χ1) is 21.0. The lowest BCUT2D eigenvalue weighted by atomic mass is 10.0. The molecular formula is C36H30N4O3. The Kier molecular flexibility index (Phi) is 6.55. The molecule has 3 aromatic heterocycles. The number of benzene rings is 4. The number of nitrogens with zero attached hydrogens (tertiary/aromatic N) is 4. The Morgan fingerprint density at radius 2 is 1.40 bits per heavy atom. The molecule has 0 saturated carbocycles. The summed E-state index contributed by atoms with van der Waals surface area (Å²) >= 11 is 0. The molecule has 43 heavy (non-hydrogen) atoms. The van der Waals surface area contributed by atoms with Crippen LogP contribution < -0.4 is 14.2 Å². The van der Waals surface area contributed by atoms with Crippen molar-refractivity contribution in [1.29, 1.82) is 0 Å². The molecule has 3 heterocycles. The van der Waals surface area contributed by atoms with E-state index < -0.39 is 0 Å². The number of hydrogen-bond donors (Lipinski definition) is 0. The van der Waals surface area contributed by atoms with Gasteiger partial charge in [-0.15, -0.1) is 0 Å². The zero-order valence-electron chi connectivity index (χ0n) is 24.4. The fourth-order valence-corrected chi connectivity index (χ4v) is 5.80. The summed E-state index contributed by atoms with van der Waals surface area (Å²) in [6.07, 6.45) is 1.75. The van der Waals surface area contributed by atoms with E-state index in [4.69, 9.17) is 19.3 Å². The standard InChI is InChI=1S/C36H30N4O3/c1-23-36(25-9-6-5-7-10-25)24(2)40(38-23)26-11-8-12-29(19-26)43-30-13-15-31-32-20-27(41-3)14-16-33(32)39(34(31)21-30)35-22-28(42-4)17-18-37-35/h5-22H,1-4H3. The molecule has 0 aliphatic rings. The van der Waals surface area contributed by atoms with Crippen LogP contribution in [0.15, 0.2) is 109 Å². The largest absolute Gasteiger partial charge is 0.497 e. The number of fused-ring (bicyclic) bond motifs is 3. The van der Waals surface area contributed by atoms with Gasteiger partial charge in [0.15, 0.2) is 0 Å². The predicted molar refractivity (Wildman–Crippen MR) is 170 cm³/mol. The van der Waals surface area contributed by atoms with Crippen LogP contribution in [0.25, 0.3) is 44.4 Å². The molecular weight excluding hydrogens is 536 g/mol. The van der Waals surface area contributed by atoms with Crippen LogP contribution in [0.4, 0.5) is 0 Å². The summed E-state index contributed by atoms with van der Waals surface area (Å²) in [6, 6.07) is 34.3. The van der Waals surface area contributed by atoms with E-state index in [1.165, 1.54) is 0 Å². The second-order valence-corrected chi connectivity index (χ2v) is 10.4.